The van der Waals surface area contributed by atoms with E-state index >= 15 is 0 Å². The highest BCUT2D eigenvalue weighted by molar-refractivity contribution is 7.07. The van der Waals surface area contributed by atoms with Gasteiger partial charge in [-0.15, -0.1) is 29.6 Å². The first kappa shape index (κ1) is 32.7. The summed E-state index contributed by atoms with van der Waals surface area (Å²) in [5, 5.41) is 9.43. The van der Waals surface area contributed by atoms with Gasteiger partial charge in [0.2, 0.25) is 0 Å². The van der Waals surface area contributed by atoms with Crippen LogP contribution in [0.5, 0.6) is 5.75 Å². The number of ether oxygens (including phenoxy) is 1. The SMILES string of the molecule is Cc1ccc(C(C)C)c(-n2c(C)cs/c2=N\C(=O)NCC(C)Cc2ccc(-c3ncn(-c4ccc(OC(F)(F)F)cc4)n3)cc2)c1. The third-order valence-electron chi connectivity index (χ3n) is 7.35. The van der Waals surface area contributed by atoms with E-state index < -0.39 is 6.36 Å². The van der Waals surface area contributed by atoms with Crippen LogP contribution in [0.2, 0.25) is 0 Å². The van der Waals surface area contributed by atoms with E-state index in [9.17, 15) is 18.0 Å². The van der Waals surface area contributed by atoms with Gasteiger partial charge in [-0.1, -0.05) is 57.2 Å². The second kappa shape index (κ2) is 13.7. The number of hydrogen-bond acceptors (Lipinski definition) is 5. The summed E-state index contributed by atoms with van der Waals surface area (Å²) in [7, 11) is 0. The molecular weight excluding hydrogens is 613 g/mol. The van der Waals surface area contributed by atoms with Crippen LogP contribution in [0.4, 0.5) is 18.0 Å². The lowest BCUT2D eigenvalue weighted by atomic mass is 9.99. The highest BCUT2D eigenvalue weighted by Crippen LogP contribution is 2.26. The summed E-state index contributed by atoms with van der Waals surface area (Å²) in [5.41, 5.74) is 6.86. The fourth-order valence-electron chi connectivity index (χ4n) is 5.07. The number of halogens is 3. The average molecular weight is 649 g/mol. The summed E-state index contributed by atoms with van der Waals surface area (Å²) in [6, 6.07) is 19.2. The Kier molecular flexibility index (Phi) is 9.76. The molecule has 3 aromatic carbocycles. The van der Waals surface area contributed by atoms with Crippen LogP contribution in [0, 0.1) is 19.8 Å². The number of amides is 2. The smallest absolute Gasteiger partial charge is 0.406 e. The molecule has 1 N–H and O–H groups in total. The number of thiazole rings is 1. The van der Waals surface area contributed by atoms with Crippen molar-refractivity contribution in [2.45, 2.75) is 53.3 Å². The Hall–Kier alpha value is -4.71. The van der Waals surface area contributed by atoms with Crippen LogP contribution in [-0.2, 0) is 6.42 Å². The molecular formula is C34H35F3N6O2S. The van der Waals surface area contributed by atoms with E-state index in [0.29, 0.717) is 28.8 Å². The van der Waals surface area contributed by atoms with Crippen molar-refractivity contribution in [2.75, 3.05) is 6.54 Å². The van der Waals surface area contributed by atoms with Crippen molar-refractivity contribution in [3.8, 4) is 28.5 Å². The van der Waals surface area contributed by atoms with Crippen molar-refractivity contribution < 1.29 is 22.7 Å². The minimum Gasteiger partial charge on any atom is -0.406 e. The number of rotatable bonds is 9. The van der Waals surface area contributed by atoms with Crippen LogP contribution in [0.15, 0.2) is 83.4 Å². The van der Waals surface area contributed by atoms with Crippen LogP contribution < -0.4 is 14.9 Å². The van der Waals surface area contributed by atoms with Crippen molar-refractivity contribution in [1.29, 1.82) is 0 Å². The fraction of sp³-hybridized carbons (Fsp3) is 0.294. The van der Waals surface area contributed by atoms with Gasteiger partial charge in [0, 0.05) is 23.2 Å². The van der Waals surface area contributed by atoms with E-state index in [1.54, 1.807) is 0 Å². The highest BCUT2D eigenvalue weighted by Gasteiger charge is 2.31. The van der Waals surface area contributed by atoms with E-state index in [4.69, 9.17) is 0 Å². The van der Waals surface area contributed by atoms with Crippen LogP contribution >= 0.6 is 11.3 Å². The molecule has 12 heteroatoms. The van der Waals surface area contributed by atoms with Gasteiger partial charge in [0.15, 0.2) is 10.6 Å². The molecule has 0 spiro atoms. The van der Waals surface area contributed by atoms with Gasteiger partial charge in [-0.2, -0.15) is 4.99 Å². The standard InChI is InChI=1S/C34H35F3N6O2S/c1-21(2)29-15-6-22(3)17-30(29)43-24(5)19-46-33(43)40-32(44)38-18-23(4)16-25-7-9-26(10-8-25)31-39-20-42(41-31)27-11-13-28(14-12-27)45-34(35,36)37/h6-15,17,19-21,23H,16,18H2,1-5H3,(H,38,44)/b40-33-. The lowest BCUT2D eigenvalue weighted by Gasteiger charge is -2.16. The quantitative estimate of drug-likeness (QED) is 0.176. The molecule has 5 rings (SSSR count). The number of hydrogen-bond donors (Lipinski definition) is 1. The van der Waals surface area contributed by atoms with Gasteiger partial charge in [0.25, 0.3) is 0 Å². The van der Waals surface area contributed by atoms with Crippen molar-refractivity contribution in [3.63, 3.8) is 0 Å². The van der Waals surface area contributed by atoms with Crippen LogP contribution in [-0.4, -0.2) is 38.3 Å². The summed E-state index contributed by atoms with van der Waals surface area (Å²) in [6.45, 7) is 10.9. The van der Waals surface area contributed by atoms with Crippen molar-refractivity contribution in [3.05, 3.63) is 106 Å². The van der Waals surface area contributed by atoms with Gasteiger partial charge in [0.05, 0.1) is 11.4 Å². The third kappa shape index (κ3) is 8.11. The van der Waals surface area contributed by atoms with E-state index in [0.717, 1.165) is 34.5 Å². The zero-order valence-electron chi connectivity index (χ0n) is 26.2. The molecule has 1 unspecified atom stereocenters. The highest BCUT2D eigenvalue weighted by atomic mass is 32.1. The molecule has 0 bridgehead atoms. The van der Waals surface area contributed by atoms with E-state index in [1.807, 2.05) is 36.6 Å². The molecule has 0 saturated carbocycles. The van der Waals surface area contributed by atoms with Gasteiger partial charge < -0.3 is 10.1 Å². The first-order valence-electron chi connectivity index (χ1n) is 14.8. The van der Waals surface area contributed by atoms with Gasteiger partial charge in [-0.3, -0.25) is 4.57 Å². The topological polar surface area (TPSA) is 86.3 Å². The van der Waals surface area contributed by atoms with Gasteiger partial charge in [0.1, 0.15) is 12.1 Å². The van der Waals surface area contributed by atoms with Crippen LogP contribution in [0.3, 0.4) is 0 Å². The molecule has 240 valence electrons. The molecule has 0 radical (unpaired) electrons. The predicted octanol–water partition coefficient (Wildman–Crippen LogP) is 7.91. The minimum absolute atomic E-state index is 0.160. The third-order valence-corrected chi connectivity index (χ3v) is 8.29. The number of aromatic nitrogens is 4. The molecule has 8 nitrogen and oxygen atoms in total. The van der Waals surface area contributed by atoms with Crippen molar-refractivity contribution in [2.24, 2.45) is 10.9 Å². The Morgan fingerprint density at radius 1 is 1.02 bits per heavy atom. The Balaban J connectivity index is 1.19. The average Bonchev–Trinajstić information content (AvgIpc) is 3.63. The Bertz CT molecular complexity index is 1870. The maximum atomic E-state index is 12.9. The lowest BCUT2D eigenvalue weighted by molar-refractivity contribution is -0.274. The number of alkyl halides is 3. The molecule has 2 aromatic heterocycles. The lowest BCUT2D eigenvalue weighted by Crippen LogP contribution is -2.29. The molecule has 1 atom stereocenters. The van der Waals surface area contributed by atoms with Gasteiger partial charge >= 0.3 is 12.4 Å². The Morgan fingerprint density at radius 3 is 2.41 bits per heavy atom. The number of urea groups is 1. The minimum atomic E-state index is -4.75. The maximum absolute atomic E-state index is 12.9. The molecule has 2 amide bonds. The number of carbonyl (C=O) groups is 1. The van der Waals surface area contributed by atoms with Crippen molar-refractivity contribution in [1.82, 2.24) is 24.6 Å². The summed E-state index contributed by atoms with van der Waals surface area (Å²) >= 11 is 1.45. The number of carbonyl (C=O) groups excluding carboxylic acids is 1. The number of nitrogens with one attached hydrogen (secondary N) is 1. The summed E-state index contributed by atoms with van der Waals surface area (Å²) in [4.78, 5) is 22.3. The molecule has 46 heavy (non-hydrogen) atoms. The zero-order valence-corrected chi connectivity index (χ0v) is 27.0. The predicted molar refractivity (Wildman–Crippen MR) is 173 cm³/mol. The number of aryl methyl sites for hydroxylation is 2. The molecule has 5 aromatic rings. The van der Waals surface area contributed by atoms with E-state index in [-0.39, 0.29) is 17.7 Å². The van der Waals surface area contributed by atoms with Gasteiger partial charge in [-0.25, -0.2) is 14.5 Å². The molecule has 0 fully saturated rings. The van der Waals surface area contributed by atoms with E-state index in [1.165, 1.54) is 52.2 Å². The molecule has 0 aliphatic heterocycles. The first-order chi connectivity index (χ1) is 21.9. The molecule has 0 aliphatic rings. The number of nitrogens with zero attached hydrogens (tertiary/aromatic N) is 5. The molecule has 0 aliphatic carbocycles. The molecule has 2 heterocycles. The number of benzene rings is 3. The van der Waals surface area contributed by atoms with Crippen molar-refractivity contribution >= 4 is 17.4 Å². The Morgan fingerprint density at radius 2 is 1.74 bits per heavy atom. The monoisotopic (exact) mass is 648 g/mol. The molecule has 0 saturated heterocycles. The normalized spacial score (nSPS) is 12.8. The largest absolute Gasteiger partial charge is 0.573 e. The summed E-state index contributed by atoms with van der Waals surface area (Å²) < 4.78 is 44.7. The van der Waals surface area contributed by atoms with Crippen LogP contribution in [0.25, 0.3) is 22.8 Å². The zero-order chi connectivity index (χ0) is 33.0. The maximum Gasteiger partial charge on any atom is 0.573 e. The van der Waals surface area contributed by atoms with E-state index in [2.05, 4.69) is 75.6 Å². The second-order valence-corrected chi connectivity index (χ2v) is 12.4. The summed E-state index contributed by atoms with van der Waals surface area (Å²) in [5.74, 6) is 0.660. The first-order valence-corrected chi connectivity index (χ1v) is 15.7. The summed E-state index contributed by atoms with van der Waals surface area (Å²) in [6.07, 6.45) is -2.50. The van der Waals surface area contributed by atoms with Gasteiger partial charge in [-0.05, 0) is 79.1 Å². The fourth-order valence-corrected chi connectivity index (χ4v) is 5.94. The van der Waals surface area contributed by atoms with Crippen LogP contribution in [0.1, 0.15) is 49.1 Å². The second-order valence-electron chi connectivity index (χ2n) is 11.6. The Labute approximate surface area is 269 Å².